The number of benzene rings is 3. The number of hydrogen-bond donors (Lipinski definition) is 2. The molecular formula is C27H20FN3O3S. The Morgan fingerprint density at radius 3 is 2.54 bits per heavy atom. The summed E-state index contributed by atoms with van der Waals surface area (Å²) in [5.41, 5.74) is 2.30. The molecule has 1 aromatic heterocycles. The smallest absolute Gasteiger partial charge is 0.271 e. The number of halogens is 1. The fourth-order valence-corrected chi connectivity index (χ4v) is 5.10. The standard InChI is InChI=1S/C27H20FN3O3S/c1-16-23(25(33)30-20-7-3-2-4-8-20)24(18-10-12-19(28)13-11-18)31-26(34)22(35-27(31)29-16)15-17-6-5-9-21(32)14-17/h2-15,24,32H,1H3,(H,30,33)/b22-15-/t24-/m1/s1. The molecule has 0 saturated heterocycles. The van der Waals surface area contributed by atoms with Gasteiger partial charge in [0.15, 0.2) is 4.80 Å². The molecule has 1 aliphatic heterocycles. The van der Waals surface area contributed by atoms with Gasteiger partial charge in [-0.15, -0.1) is 0 Å². The third kappa shape index (κ3) is 4.43. The number of phenolic OH excluding ortho intramolecular Hbond substituents is 1. The van der Waals surface area contributed by atoms with Gasteiger partial charge >= 0.3 is 0 Å². The lowest BCUT2D eigenvalue weighted by Crippen LogP contribution is -2.40. The van der Waals surface area contributed by atoms with Gasteiger partial charge in [-0.05, 0) is 60.5 Å². The number of anilines is 1. The minimum Gasteiger partial charge on any atom is -0.508 e. The first-order chi connectivity index (χ1) is 16.9. The number of carbonyl (C=O) groups excluding carboxylic acids is 1. The number of rotatable bonds is 4. The predicted molar refractivity (Wildman–Crippen MR) is 133 cm³/mol. The van der Waals surface area contributed by atoms with Crippen molar-refractivity contribution in [2.45, 2.75) is 13.0 Å². The number of amides is 1. The van der Waals surface area contributed by atoms with Crippen LogP contribution >= 0.6 is 11.3 Å². The van der Waals surface area contributed by atoms with Crippen LogP contribution in [0.2, 0.25) is 0 Å². The van der Waals surface area contributed by atoms with E-state index in [1.54, 1.807) is 61.5 Å². The SMILES string of the molecule is CC1=C(C(=O)Nc2ccccc2)[C@@H](c2ccc(F)cc2)n2c(s/c(=C\c3cccc(O)c3)c2=O)=N1. The molecule has 2 N–H and O–H groups in total. The first-order valence-electron chi connectivity index (χ1n) is 10.8. The lowest BCUT2D eigenvalue weighted by molar-refractivity contribution is -0.113. The van der Waals surface area contributed by atoms with E-state index >= 15 is 0 Å². The highest BCUT2D eigenvalue weighted by atomic mass is 32.1. The highest BCUT2D eigenvalue weighted by molar-refractivity contribution is 7.07. The summed E-state index contributed by atoms with van der Waals surface area (Å²) in [6, 6.07) is 20.5. The highest BCUT2D eigenvalue weighted by Gasteiger charge is 2.32. The van der Waals surface area contributed by atoms with Gasteiger partial charge < -0.3 is 10.4 Å². The van der Waals surface area contributed by atoms with E-state index in [9.17, 15) is 19.1 Å². The average Bonchev–Trinajstić information content (AvgIpc) is 3.13. The largest absolute Gasteiger partial charge is 0.508 e. The summed E-state index contributed by atoms with van der Waals surface area (Å²) in [6.07, 6.45) is 1.67. The summed E-state index contributed by atoms with van der Waals surface area (Å²) >= 11 is 1.19. The molecule has 3 aromatic carbocycles. The van der Waals surface area contributed by atoms with Gasteiger partial charge in [-0.25, -0.2) is 9.38 Å². The van der Waals surface area contributed by atoms with Gasteiger partial charge in [-0.3, -0.25) is 14.2 Å². The molecule has 0 spiro atoms. The Bertz CT molecular complexity index is 1640. The van der Waals surface area contributed by atoms with Crippen LogP contribution in [0.4, 0.5) is 10.1 Å². The molecule has 174 valence electrons. The summed E-state index contributed by atoms with van der Waals surface area (Å²) in [4.78, 5) is 32.0. The molecule has 0 fully saturated rings. The van der Waals surface area contributed by atoms with Crippen LogP contribution in [0.25, 0.3) is 6.08 Å². The maximum Gasteiger partial charge on any atom is 0.271 e. The van der Waals surface area contributed by atoms with Crippen LogP contribution in [0.15, 0.2) is 99.9 Å². The van der Waals surface area contributed by atoms with E-state index < -0.39 is 17.8 Å². The van der Waals surface area contributed by atoms with Gasteiger partial charge in [0.1, 0.15) is 11.6 Å². The third-order valence-electron chi connectivity index (χ3n) is 5.65. The number of aromatic nitrogens is 1. The van der Waals surface area contributed by atoms with Gasteiger partial charge in [-0.2, -0.15) is 0 Å². The quantitative estimate of drug-likeness (QED) is 0.462. The monoisotopic (exact) mass is 485 g/mol. The Hall–Kier alpha value is -4.30. The summed E-state index contributed by atoms with van der Waals surface area (Å²) in [6.45, 7) is 1.72. The van der Waals surface area contributed by atoms with Crippen molar-refractivity contribution in [3.05, 3.63) is 127 Å². The second-order valence-electron chi connectivity index (χ2n) is 8.05. The summed E-state index contributed by atoms with van der Waals surface area (Å²) in [5, 5.41) is 12.7. The van der Waals surface area contributed by atoms with Crippen molar-refractivity contribution in [3.63, 3.8) is 0 Å². The number of fused-ring (bicyclic) bond motifs is 1. The highest BCUT2D eigenvalue weighted by Crippen LogP contribution is 2.31. The van der Waals surface area contributed by atoms with Gasteiger partial charge in [0.2, 0.25) is 0 Å². The summed E-state index contributed by atoms with van der Waals surface area (Å²) < 4.78 is 15.6. The molecule has 8 heteroatoms. The molecule has 6 nitrogen and oxygen atoms in total. The van der Waals surface area contributed by atoms with Crippen molar-refractivity contribution in [3.8, 4) is 5.75 Å². The molecule has 0 bridgehead atoms. The zero-order valence-corrected chi connectivity index (χ0v) is 19.4. The Morgan fingerprint density at radius 2 is 1.83 bits per heavy atom. The lowest BCUT2D eigenvalue weighted by Gasteiger charge is -2.25. The Morgan fingerprint density at radius 1 is 1.09 bits per heavy atom. The Kier molecular flexibility index (Phi) is 5.88. The normalized spacial score (nSPS) is 15.5. The molecule has 0 radical (unpaired) electrons. The van der Waals surface area contributed by atoms with Crippen molar-refractivity contribution in [1.82, 2.24) is 4.57 Å². The van der Waals surface area contributed by atoms with Crippen molar-refractivity contribution in [2.24, 2.45) is 4.99 Å². The molecule has 35 heavy (non-hydrogen) atoms. The number of para-hydroxylation sites is 1. The number of allylic oxidation sites excluding steroid dienone is 1. The molecule has 1 atom stereocenters. The Balaban J connectivity index is 1.68. The van der Waals surface area contributed by atoms with Gasteiger partial charge in [-0.1, -0.05) is 53.8 Å². The average molecular weight is 486 g/mol. The Labute approximate surface area is 203 Å². The molecule has 0 saturated carbocycles. The number of phenols is 1. The molecule has 1 amide bonds. The van der Waals surface area contributed by atoms with Crippen LogP contribution in [-0.4, -0.2) is 15.6 Å². The molecule has 1 aliphatic rings. The second kappa shape index (κ2) is 9.15. The van der Waals surface area contributed by atoms with E-state index in [1.165, 1.54) is 28.0 Å². The molecular weight excluding hydrogens is 465 g/mol. The number of hydrogen-bond acceptors (Lipinski definition) is 5. The van der Waals surface area contributed by atoms with Crippen molar-refractivity contribution < 1.29 is 14.3 Å². The number of nitrogens with zero attached hydrogens (tertiary/aromatic N) is 2. The van der Waals surface area contributed by atoms with E-state index in [2.05, 4.69) is 10.3 Å². The summed E-state index contributed by atoms with van der Waals surface area (Å²) in [5.74, 6) is -0.721. The molecule has 4 aromatic rings. The molecule has 0 unspecified atom stereocenters. The number of aromatic hydroxyl groups is 1. The maximum absolute atomic E-state index is 13.7. The van der Waals surface area contributed by atoms with Crippen LogP contribution in [0.5, 0.6) is 5.75 Å². The van der Waals surface area contributed by atoms with E-state index in [0.717, 1.165) is 0 Å². The molecule has 2 heterocycles. The topological polar surface area (TPSA) is 83.7 Å². The van der Waals surface area contributed by atoms with Crippen LogP contribution in [0.1, 0.15) is 24.1 Å². The third-order valence-corrected chi connectivity index (χ3v) is 6.63. The van der Waals surface area contributed by atoms with Crippen LogP contribution in [0, 0.1) is 5.82 Å². The number of thiazole rings is 1. The van der Waals surface area contributed by atoms with Gasteiger partial charge in [0, 0.05) is 5.69 Å². The van der Waals surface area contributed by atoms with Crippen LogP contribution in [0.3, 0.4) is 0 Å². The lowest BCUT2D eigenvalue weighted by atomic mass is 9.95. The molecule has 0 aliphatic carbocycles. The fourth-order valence-electron chi connectivity index (χ4n) is 4.06. The maximum atomic E-state index is 13.7. The van der Waals surface area contributed by atoms with Crippen LogP contribution in [-0.2, 0) is 4.79 Å². The zero-order chi connectivity index (χ0) is 24.5. The van der Waals surface area contributed by atoms with Gasteiger partial charge in [0.25, 0.3) is 11.5 Å². The number of nitrogens with one attached hydrogen (secondary N) is 1. The van der Waals surface area contributed by atoms with E-state index in [0.29, 0.717) is 37.4 Å². The van der Waals surface area contributed by atoms with E-state index in [4.69, 9.17) is 0 Å². The van der Waals surface area contributed by atoms with Crippen LogP contribution < -0.4 is 20.2 Å². The van der Waals surface area contributed by atoms with Crippen molar-refractivity contribution >= 4 is 29.0 Å². The van der Waals surface area contributed by atoms with Gasteiger partial charge in [0.05, 0.1) is 21.8 Å². The van der Waals surface area contributed by atoms with Crippen molar-refractivity contribution in [1.29, 1.82) is 0 Å². The minimum absolute atomic E-state index is 0.0893. The van der Waals surface area contributed by atoms with E-state index in [-0.39, 0.29) is 11.3 Å². The van der Waals surface area contributed by atoms with Crippen molar-refractivity contribution in [2.75, 3.05) is 5.32 Å². The first-order valence-corrected chi connectivity index (χ1v) is 11.7. The second-order valence-corrected chi connectivity index (χ2v) is 9.06. The molecule has 5 rings (SSSR count). The fraction of sp³-hybridized carbons (Fsp3) is 0.0741. The minimum atomic E-state index is -0.790. The summed E-state index contributed by atoms with van der Waals surface area (Å²) in [7, 11) is 0. The zero-order valence-electron chi connectivity index (χ0n) is 18.6. The predicted octanol–water partition coefficient (Wildman–Crippen LogP) is 3.72. The van der Waals surface area contributed by atoms with E-state index in [1.807, 2.05) is 18.2 Å². The number of carbonyl (C=O) groups is 1. The first kappa shape index (κ1) is 22.5.